The SMILES string of the molecule is CCOc1cc(/C=N\Nc2nc3ccc(C)cc3[nH]2)cc([N+](=O)[O-])c1OCC. The van der Waals surface area contributed by atoms with Crippen molar-refractivity contribution in [1.29, 1.82) is 0 Å². The van der Waals surface area contributed by atoms with Gasteiger partial charge in [-0.3, -0.25) is 10.1 Å². The molecule has 0 saturated heterocycles. The van der Waals surface area contributed by atoms with Gasteiger partial charge in [-0.1, -0.05) is 6.07 Å². The van der Waals surface area contributed by atoms with Crippen molar-refractivity contribution >= 4 is 28.9 Å². The molecule has 0 atom stereocenters. The number of ether oxygens (including phenoxy) is 2. The van der Waals surface area contributed by atoms with E-state index in [0.29, 0.717) is 30.5 Å². The highest BCUT2D eigenvalue weighted by molar-refractivity contribution is 5.84. The van der Waals surface area contributed by atoms with Crippen molar-refractivity contribution in [2.45, 2.75) is 20.8 Å². The van der Waals surface area contributed by atoms with Crippen LogP contribution < -0.4 is 14.9 Å². The first kappa shape index (κ1) is 19.2. The molecule has 0 unspecified atom stereocenters. The fourth-order valence-corrected chi connectivity index (χ4v) is 2.71. The quantitative estimate of drug-likeness (QED) is 0.345. The van der Waals surface area contributed by atoms with E-state index in [4.69, 9.17) is 9.47 Å². The summed E-state index contributed by atoms with van der Waals surface area (Å²) in [4.78, 5) is 18.4. The average molecular weight is 383 g/mol. The summed E-state index contributed by atoms with van der Waals surface area (Å²) in [7, 11) is 0. The molecule has 0 spiro atoms. The number of nitrogens with zero attached hydrogens (tertiary/aromatic N) is 3. The molecule has 0 aliphatic rings. The number of H-pyrrole nitrogens is 1. The van der Waals surface area contributed by atoms with Crippen molar-refractivity contribution in [3.8, 4) is 11.5 Å². The van der Waals surface area contributed by atoms with Gasteiger partial charge in [0, 0.05) is 11.6 Å². The number of aromatic amines is 1. The number of nitrogens with one attached hydrogen (secondary N) is 2. The highest BCUT2D eigenvalue weighted by Crippen LogP contribution is 2.38. The maximum Gasteiger partial charge on any atom is 0.315 e. The molecule has 28 heavy (non-hydrogen) atoms. The van der Waals surface area contributed by atoms with Crippen LogP contribution in [0.25, 0.3) is 11.0 Å². The highest BCUT2D eigenvalue weighted by atomic mass is 16.6. The maximum atomic E-state index is 11.4. The average Bonchev–Trinajstić information content (AvgIpc) is 3.05. The fraction of sp³-hybridized carbons (Fsp3) is 0.263. The second kappa shape index (κ2) is 8.38. The lowest BCUT2D eigenvalue weighted by Crippen LogP contribution is -2.03. The van der Waals surface area contributed by atoms with Crippen molar-refractivity contribution in [2.75, 3.05) is 18.6 Å². The smallest absolute Gasteiger partial charge is 0.315 e. The molecule has 146 valence electrons. The molecule has 0 aliphatic heterocycles. The Balaban J connectivity index is 1.86. The zero-order chi connectivity index (χ0) is 20.1. The second-order valence-corrected chi connectivity index (χ2v) is 5.97. The topological polar surface area (TPSA) is 115 Å². The lowest BCUT2D eigenvalue weighted by Gasteiger charge is -2.11. The molecule has 3 aromatic rings. The van der Waals surface area contributed by atoms with Crippen LogP contribution in [0.4, 0.5) is 11.6 Å². The molecule has 3 rings (SSSR count). The predicted octanol–water partition coefficient (Wildman–Crippen LogP) is 4.02. The zero-order valence-electron chi connectivity index (χ0n) is 15.9. The van der Waals surface area contributed by atoms with Crippen LogP contribution in [0.1, 0.15) is 25.0 Å². The number of anilines is 1. The van der Waals surface area contributed by atoms with Gasteiger partial charge in [-0.15, -0.1) is 0 Å². The van der Waals surface area contributed by atoms with Gasteiger partial charge in [-0.05, 0) is 44.5 Å². The molecule has 0 fully saturated rings. The minimum atomic E-state index is -0.500. The summed E-state index contributed by atoms with van der Waals surface area (Å²) in [5.74, 6) is 0.897. The van der Waals surface area contributed by atoms with Crippen LogP contribution in [0.2, 0.25) is 0 Å². The lowest BCUT2D eigenvalue weighted by atomic mass is 10.2. The Morgan fingerprint density at radius 3 is 2.75 bits per heavy atom. The molecule has 0 saturated carbocycles. The Hall–Kier alpha value is -3.62. The van der Waals surface area contributed by atoms with Crippen molar-refractivity contribution in [3.05, 3.63) is 51.6 Å². The van der Waals surface area contributed by atoms with Gasteiger partial charge in [0.25, 0.3) is 0 Å². The molecule has 1 aromatic heterocycles. The Kier molecular flexibility index (Phi) is 5.73. The van der Waals surface area contributed by atoms with E-state index in [1.54, 1.807) is 19.9 Å². The summed E-state index contributed by atoms with van der Waals surface area (Å²) in [6, 6.07) is 8.92. The molecule has 0 aliphatic carbocycles. The number of benzene rings is 2. The van der Waals surface area contributed by atoms with Crippen LogP contribution in [-0.2, 0) is 0 Å². The van der Waals surface area contributed by atoms with Crippen LogP contribution in [0.3, 0.4) is 0 Å². The monoisotopic (exact) mass is 383 g/mol. The third kappa shape index (κ3) is 4.20. The van der Waals surface area contributed by atoms with E-state index in [1.807, 2.05) is 25.1 Å². The summed E-state index contributed by atoms with van der Waals surface area (Å²) >= 11 is 0. The fourth-order valence-electron chi connectivity index (χ4n) is 2.71. The van der Waals surface area contributed by atoms with E-state index in [9.17, 15) is 10.1 Å². The molecular weight excluding hydrogens is 362 g/mol. The van der Waals surface area contributed by atoms with Gasteiger partial charge in [0.1, 0.15) is 0 Å². The predicted molar refractivity (Wildman–Crippen MR) is 107 cm³/mol. The summed E-state index contributed by atoms with van der Waals surface area (Å²) < 4.78 is 10.9. The number of hydrogen-bond acceptors (Lipinski definition) is 7. The minimum absolute atomic E-state index is 0.118. The first-order chi connectivity index (χ1) is 13.5. The summed E-state index contributed by atoms with van der Waals surface area (Å²) in [5.41, 5.74) is 5.96. The molecule has 9 heteroatoms. The van der Waals surface area contributed by atoms with Crippen LogP contribution in [-0.4, -0.2) is 34.3 Å². The standard InChI is InChI=1S/C19H21N5O4/c1-4-27-17-10-13(9-16(24(25)26)18(17)28-5-2)11-20-23-19-21-14-7-6-12(3)8-15(14)22-19/h6-11H,4-5H2,1-3H3,(H2,21,22,23)/b20-11-. The van der Waals surface area contributed by atoms with Crippen LogP contribution in [0, 0.1) is 17.0 Å². The number of nitro benzene ring substituents is 1. The number of imidazole rings is 1. The molecule has 0 radical (unpaired) electrons. The van der Waals surface area contributed by atoms with Crippen LogP contribution in [0.15, 0.2) is 35.4 Å². The van der Waals surface area contributed by atoms with Gasteiger partial charge in [0.05, 0.1) is 35.4 Å². The number of aromatic nitrogens is 2. The van der Waals surface area contributed by atoms with Crippen molar-refractivity contribution < 1.29 is 14.4 Å². The van der Waals surface area contributed by atoms with Crippen molar-refractivity contribution in [2.24, 2.45) is 5.10 Å². The Bertz CT molecular complexity index is 1030. The number of rotatable bonds is 8. The Labute approximate surface area is 161 Å². The summed E-state index contributed by atoms with van der Waals surface area (Å²) in [6.45, 7) is 6.21. The first-order valence-electron chi connectivity index (χ1n) is 8.85. The normalized spacial score (nSPS) is 11.1. The van der Waals surface area contributed by atoms with E-state index in [1.165, 1.54) is 12.3 Å². The van der Waals surface area contributed by atoms with E-state index in [2.05, 4.69) is 20.5 Å². The number of hydrazone groups is 1. The summed E-state index contributed by atoms with van der Waals surface area (Å²) in [6.07, 6.45) is 1.46. The van der Waals surface area contributed by atoms with Gasteiger partial charge in [0.2, 0.25) is 11.7 Å². The number of hydrogen-bond donors (Lipinski definition) is 2. The molecule has 1 heterocycles. The Morgan fingerprint density at radius 2 is 2.04 bits per heavy atom. The van der Waals surface area contributed by atoms with E-state index < -0.39 is 4.92 Å². The van der Waals surface area contributed by atoms with Crippen LogP contribution >= 0.6 is 0 Å². The molecule has 0 amide bonds. The molecular formula is C19H21N5O4. The van der Waals surface area contributed by atoms with E-state index in [0.717, 1.165) is 16.6 Å². The minimum Gasteiger partial charge on any atom is -0.490 e. The number of fused-ring (bicyclic) bond motifs is 1. The second-order valence-electron chi connectivity index (χ2n) is 5.97. The lowest BCUT2D eigenvalue weighted by molar-refractivity contribution is -0.385. The molecule has 2 N–H and O–H groups in total. The van der Waals surface area contributed by atoms with Crippen LogP contribution in [0.5, 0.6) is 11.5 Å². The number of nitro groups is 1. The van der Waals surface area contributed by atoms with E-state index >= 15 is 0 Å². The zero-order valence-corrected chi connectivity index (χ0v) is 15.9. The van der Waals surface area contributed by atoms with Gasteiger partial charge < -0.3 is 14.5 Å². The third-order valence-corrected chi connectivity index (χ3v) is 3.86. The van der Waals surface area contributed by atoms with E-state index in [-0.39, 0.29) is 11.4 Å². The Morgan fingerprint density at radius 1 is 1.25 bits per heavy atom. The molecule has 2 aromatic carbocycles. The van der Waals surface area contributed by atoms with Gasteiger partial charge in [0.15, 0.2) is 5.75 Å². The van der Waals surface area contributed by atoms with Crippen molar-refractivity contribution in [1.82, 2.24) is 9.97 Å². The molecule has 0 bridgehead atoms. The number of aryl methyl sites for hydroxylation is 1. The maximum absolute atomic E-state index is 11.4. The van der Waals surface area contributed by atoms with Gasteiger partial charge in [-0.25, -0.2) is 10.4 Å². The first-order valence-corrected chi connectivity index (χ1v) is 8.85. The van der Waals surface area contributed by atoms with Crippen molar-refractivity contribution in [3.63, 3.8) is 0 Å². The highest BCUT2D eigenvalue weighted by Gasteiger charge is 2.22. The third-order valence-electron chi connectivity index (χ3n) is 3.86. The molecule has 9 nitrogen and oxygen atoms in total. The van der Waals surface area contributed by atoms with Gasteiger partial charge in [-0.2, -0.15) is 5.10 Å². The van der Waals surface area contributed by atoms with Gasteiger partial charge >= 0.3 is 5.69 Å². The largest absolute Gasteiger partial charge is 0.490 e. The summed E-state index contributed by atoms with van der Waals surface area (Å²) in [5, 5.41) is 15.5.